The Morgan fingerprint density at radius 1 is 1.22 bits per heavy atom. The number of ether oxygens (including phenoxy) is 1. The lowest BCUT2D eigenvalue weighted by atomic mass is 9.98. The molecule has 2 aromatic heterocycles. The van der Waals surface area contributed by atoms with E-state index in [0.717, 1.165) is 67.2 Å². The van der Waals surface area contributed by atoms with E-state index in [1.54, 1.807) is 12.3 Å². The van der Waals surface area contributed by atoms with Crippen LogP contribution in [0.25, 0.3) is 17.2 Å². The van der Waals surface area contributed by atoms with Crippen molar-refractivity contribution in [3.63, 3.8) is 0 Å². The Morgan fingerprint density at radius 3 is 2.72 bits per heavy atom. The molecule has 2 atom stereocenters. The zero-order valence-electron chi connectivity index (χ0n) is 20.7. The maximum Gasteiger partial charge on any atom is 0.223 e. The lowest BCUT2D eigenvalue weighted by Gasteiger charge is -2.43. The summed E-state index contributed by atoms with van der Waals surface area (Å²) in [5.74, 6) is 2.02. The van der Waals surface area contributed by atoms with Crippen LogP contribution in [-0.4, -0.2) is 59.2 Å². The van der Waals surface area contributed by atoms with Crippen molar-refractivity contribution in [1.29, 1.82) is 5.26 Å². The summed E-state index contributed by atoms with van der Waals surface area (Å²) in [5.41, 5.74) is 4.54. The zero-order valence-corrected chi connectivity index (χ0v) is 20.7. The van der Waals surface area contributed by atoms with Crippen LogP contribution in [0.3, 0.4) is 0 Å². The van der Waals surface area contributed by atoms with Crippen molar-refractivity contribution in [3.05, 3.63) is 47.9 Å². The van der Waals surface area contributed by atoms with E-state index in [2.05, 4.69) is 27.4 Å². The minimum Gasteiger partial charge on any atom is -0.378 e. The van der Waals surface area contributed by atoms with Crippen molar-refractivity contribution >= 4 is 17.8 Å². The van der Waals surface area contributed by atoms with E-state index in [1.165, 1.54) is 12.8 Å². The van der Waals surface area contributed by atoms with Gasteiger partial charge in [0.1, 0.15) is 11.9 Å². The molecule has 1 amide bonds. The number of hydrogen-bond donors (Lipinski definition) is 0. The average Bonchev–Trinajstić information content (AvgIpc) is 3.80. The third-order valence-corrected chi connectivity index (χ3v) is 8.10. The van der Waals surface area contributed by atoms with Gasteiger partial charge in [0.15, 0.2) is 0 Å². The molecule has 2 aromatic rings. The summed E-state index contributed by atoms with van der Waals surface area (Å²) in [6.45, 7) is 6.81. The Hall–Kier alpha value is -3.24. The molecule has 2 aliphatic heterocycles. The molecule has 6 rings (SSSR count). The first kappa shape index (κ1) is 23.2. The first-order valence-electron chi connectivity index (χ1n) is 13.3. The van der Waals surface area contributed by atoms with Gasteiger partial charge in [-0.15, -0.1) is 0 Å². The van der Waals surface area contributed by atoms with Crippen LogP contribution in [0.1, 0.15) is 67.8 Å². The molecule has 0 bridgehead atoms. The van der Waals surface area contributed by atoms with Gasteiger partial charge in [0, 0.05) is 50.3 Å². The first-order valence-corrected chi connectivity index (χ1v) is 13.3. The van der Waals surface area contributed by atoms with Crippen LogP contribution >= 0.6 is 0 Å². The second-order valence-corrected chi connectivity index (χ2v) is 10.6. The van der Waals surface area contributed by atoms with Crippen LogP contribution in [0, 0.1) is 17.2 Å². The van der Waals surface area contributed by atoms with E-state index in [1.807, 2.05) is 18.2 Å². The molecule has 0 spiro atoms. The van der Waals surface area contributed by atoms with Crippen molar-refractivity contribution in [2.24, 2.45) is 5.92 Å². The lowest BCUT2D eigenvalue weighted by Crippen LogP contribution is -2.56. The molecule has 4 fully saturated rings. The predicted molar refractivity (Wildman–Crippen MR) is 138 cm³/mol. The van der Waals surface area contributed by atoms with E-state index >= 15 is 0 Å². The summed E-state index contributed by atoms with van der Waals surface area (Å²) in [4.78, 5) is 27.0. The fraction of sp³-hybridized carbons (Fsp3) is 0.517. The minimum absolute atomic E-state index is 0.196. The number of nitrogens with zero attached hydrogens (tertiary/aromatic N) is 5. The van der Waals surface area contributed by atoms with Gasteiger partial charge in [0.25, 0.3) is 0 Å². The van der Waals surface area contributed by atoms with E-state index < -0.39 is 0 Å². The number of hydrogen-bond acceptors (Lipinski definition) is 6. The number of nitriles is 1. The molecule has 0 unspecified atom stereocenters. The van der Waals surface area contributed by atoms with E-state index in [-0.39, 0.29) is 18.1 Å². The summed E-state index contributed by atoms with van der Waals surface area (Å²) in [6.07, 6.45) is 10.9. The van der Waals surface area contributed by atoms with Gasteiger partial charge in [-0.2, -0.15) is 5.26 Å². The summed E-state index contributed by atoms with van der Waals surface area (Å²) < 4.78 is 5.52. The SMILES string of the molecule is C=Cc1cc(-c2cc(C#N)c(N3CCN(C(=O)CC[C@@H]4CCO4)[C@H](C4CC4)C3)nc2C2CC2)ccn1. The Balaban J connectivity index is 1.27. The smallest absolute Gasteiger partial charge is 0.223 e. The molecule has 7 heteroatoms. The van der Waals surface area contributed by atoms with Gasteiger partial charge in [-0.05, 0) is 74.3 Å². The number of carbonyl (C=O) groups is 1. The Labute approximate surface area is 212 Å². The Kier molecular flexibility index (Phi) is 6.22. The number of pyridine rings is 2. The summed E-state index contributed by atoms with van der Waals surface area (Å²) >= 11 is 0. The number of anilines is 1. The van der Waals surface area contributed by atoms with Gasteiger partial charge in [-0.1, -0.05) is 6.58 Å². The molecule has 2 saturated carbocycles. The topological polar surface area (TPSA) is 82.4 Å². The number of aromatic nitrogens is 2. The molecule has 2 aliphatic carbocycles. The highest BCUT2D eigenvalue weighted by molar-refractivity contribution is 5.77. The molecule has 0 aromatic carbocycles. The van der Waals surface area contributed by atoms with Crippen molar-refractivity contribution in [1.82, 2.24) is 14.9 Å². The molecular weight excluding hydrogens is 450 g/mol. The van der Waals surface area contributed by atoms with Crippen LogP contribution in [0.2, 0.25) is 0 Å². The predicted octanol–water partition coefficient (Wildman–Crippen LogP) is 4.53. The quantitative estimate of drug-likeness (QED) is 0.549. The fourth-order valence-corrected chi connectivity index (χ4v) is 5.60. The normalized spacial score (nSPS) is 23.6. The van der Waals surface area contributed by atoms with E-state index in [0.29, 0.717) is 36.9 Å². The van der Waals surface area contributed by atoms with Crippen molar-refractivity contribution in [2.45, 2.75) is 63.0 Å². The third-order valence-electron chi connectivity index (χ3n) is 8.10. The van der Waals surface area contributed by atoms with Crippen LogP contribution < -0.4 is 4.90 Å². The van der Waals surface area contributed by atoms with Crippen LogP contribution in [0.15, 0.2) is 31.0 Å². The number of carbonyl (C=O) groups excluding carboxylic acids is 1. The van der Waals surface area contributed by atoms with Crippen molar-refractivity contribution < 1.29 is 9.53 Å². The number of amides is 1. The van der Waals surface area contributed by atoms with Gasteiger partial charge in [-0.25, -0.2) is 4.98 Å². The average molecular weight is 484 g/mol. The maximum atomic E-state index is 13.1. The molecule has 0 N–H and O–H groups in total. The van der Waals surface area contributed by atoms with Crippen LogP contribution in [0.5, 0.6) is 0 Å². The maximum absolute atomic E-state index is 13.1. The standard InChI is InChI=1S/C29H33N5O2/c1-2-23-15-21(9-11-31-23)25-16-22(17-30)29(32-28(25)20-5-6-20)33-12-13-34(26(18-33)19-3-4-19)27(35)8-7-24-10-14-36-24/h2,9,11,15-16,19-20,24,26H,1,3-8,10,12-14,18H2/t24-,26+/m1/s1. The van der Waals surface area contributed by atoms with Gasteiger partial charge < -0.3 is 14.5 Å². The van der Waals surface area contributed by atoms with Crippen LogP contribution in [0.4, 0.5) is 5.82 Å². The Morgan fingerprint density at radius 2 is 2.06 bits per heavy atom. The zero-order chi connectivity index (χ0) is 24.6. The van der Waals surface area contributed by atoms with Gasteiger partial charge >= 0.3 is 0 Å². The second kappa shape index (κ2) is 9.67. The monoisotopic (exact) mass is 483 g/mol. The molecule has 2 saturated heterocycles. The number of piperazine rings is 1. The van der Waals surface area contributed by atoms with Gasteiger partial charge in [0.2, 0.25) is 5.91 Å². The first-order chi connectivity index (χ1) is 17.6. The lowest BCUT2D eigenvalue weighted by molar-refractivity contribution is -0.136. The molecular formula is C29H33N5O2. The molecule has 186 valence electrons. The summed E-state index contributed by atoms with van der Waals surface area (Å²) in [6, 6.07) is 8.63. The second-order valence-electron chi connectivity index (χ2n) is 10.6. The van der Waals surface area contributed by atoms with Gasteiger partial charge in [0.05, 0.1) is 29.1 Å². The largest absolute Gasteiger partial charge is 0.378 e. The summed E-state index contributed by atoms with van der Waals surface area (Å²) in [5, 5.41) is 10.1. The highest BCUT2D eigenvalue weighted by atomic mass is 16.5. The van der Waals surface area contributed by atoms with Crippen molar-refractivity contribution in [3.8, 4) is 17.2 Å². The number of rotatable bonds is 8. The van der Waals surface area contributed by atoms with Crippen molar-refractivity contribution in [2.75, 3.05) is 31.1 Å². The molecule has 4 heterocycles. The van der Waals surface area contributed by atoms with E-state index in [9.17, 15) is 10.1 Å². The highest BCUT2D eigenvalue weighted by Crippen LogP contribution is 2.45. The third kappa shape index (κ3) is 4.62. The Bertz CT molecular complexity index is 1210. The molecule has 7 nitrogen and oxygen atoms in total. The van der Waals surface area contributed by atoms with E-state index in [4.69, 9.17) is 9.72 Å². The fourth-order valence-electron chi connectivity index (χ4n) is 5.60. The minimum atomic E-state index is 0.196. The van der Waals surface area contributed by atoms with Crippen LogP contribution in [-0.2, 0) is 9.53 Å². The summed E-state index contributed by atoms with van der Waals surface area (Å²) in [7, 11) is 0. The van der Waals surface area contributed by atoms with Gasteiger partial charge in [-0.3, -0.25) is 9.78 Å². The molecule has 0 radical (unpaired) electrons. The molecule has 4 aliphatic rings. The highest BCUT2D eigenvalue weighted by Gasteiger charge is 2.42. The molecule has 36 heavy (non-hydrogen) atoms.